The lowest BCUT2D eigenvalue weighted by Gasteiger charge is -2.65. The van der Waals surface area contributed by atoms with E-state index < -0.39 is 17.7 Å². The molecule has 4 fully saturated rings. The SMILES string of the molecule is CC[C@]1(C)[C@@H]([C@H](C)CCC(OC(=O)c2ccccc2)C2CCCCC2)CC[C@H]1[C@@H]1CC2C1C[C@@]2(O)C(F)(F)F. The third kappa shape index (κ3) is 5.17. The van der Waals surface area contributed by atoms with Gasteiger partial charge < -0.3 is 9.84 Å². The molecule has 218 valence electrons. The standard InChI is InChI=1S/C33H47F3O3/c1-4-31(3)26(16-17-27(31)24-19-28-25(24)20-32(28,38)33(34,35)36)21(2)15-18-29(22-11-7-5-8-12-22)39-30(37)23-13-9-6-10-14-23/h6,9-10,13-14,21-22,24-29,38H,4-5,7-8,11-12,15-20H2,1-3H3/t21-,24-,25?,26-,27+,28?,29?,31-,32+/m1/s1. The summed E-state index contributed by atoms with van der Waals surface area (Å²) >= 11 is 0. The highest BCUT2D eigenvalue weighted by molar-refractivity contribution is 5.89. The van der Waals surface area contributed by atoms with Crippen LogP contribution in [0.4, 0.5) is 13.2 Å². The molecule has 1 aromatic carbocycles. The number of esters is 1. The molecule has 9 atom stereocenters. The number of carbonyl (C=O) groups excluding carboxylic acids is 1. The van der Waals surface area contributed by atoms with Crippen LogP contribution in [0.5, 0.6) is 0 Å². The summed E-state index contributed by atoms with van der Waals surface area (Å²) in [4.78, 5) is 13.0. The van der Waals surface area contributed by atoms with Crippen molar-refractivity contribution in [1.29, 1.82) is 0 Å². The zero-order valence-electron chi connectivity index (χ0n) is 23.9. The molecule has 5 rings (SSSR count). The number of carbonyl (C=O) groups is 1. The predicted octanol–water partition coefficient (Wildman–Crippen LogP) is 8.60. The van der Waals surface area contributed by atoms with Gasteiger partial charge in [-0.05, 0) is 104 Å². The molecule has 0 aromatic heterocycles. The number of halogens is 3. The molecule has 4 aliphatic rings. The van der Waals surface area contributed by atoms with Crippen LogP contribution in [0.3, 0.4) is 0 Å². The first-order valence-corrected chi connectivity index (χ1v) is 15.5. The van der Waals surface area contributed by atoms with Crippen molar-refractivity contribution in [3.63, 3.8) is 0 Å². The van der Waals surface area contributed by atoms with E-state index in [9.17, 15) is 23.1 Å². The lowest BCUT2D eigenvalue weighted by Crippen LogP contribution is -2.71. The highest BCUT2D eigenvalue weighted by atomic mass is 19.4. The quantitative estimate of drug-likeness (QED) is 0.314. The maximum atomic E-state index is 13.4. The van der Waals surface area contributed by atoms with Gasteiger partial charge in [-0.25, -0.2) is 4.79 Å². The van der Waals surface area contributed by atoms with Gasteiger partial charge in [0.1, 0.15) is 6.10 Å². The first-order valence-electron chi connectivity index (χ1n) is 15.5. The van der Waals surface area contributed by atoms with E-state index in [0.717, 1.165) is 44.9 Å². The molecule has 0 aliphatic heterocycles. The molecule has 3 nitrogen and oxygen atoms in total. The number of benzene rings is 1. The second-order valence-electron chi connectivity index (χ2n) is 13.7. The number of hydrogen-bond acceptors (Lipinski definition) is 3. The van der Waals surface area contributed by atoms with Crippen molar-refractivity contribution >= 4 is 5.97 Å². The molecule has 0 radical (unpaired) electrons. The van der Waals surface area contributed by atoms with Crippen molar-refractivity contribution in [3.8, 4) is 0 Å². The summed E-state index contributed by atoms with van der Waals surface area (Å²) in [7, 11) is 0. The Hall–Kier alpha value is -1.56. The average molecular weight is 549 g/mol. The van der Waals surface area contributed by atoms with E-state index in [1.54, 1.807) is 0 Å². The van der Waals surface area contributed by atoms with Crippen LogP contribution in [0.1, 0.15) is 108 Å². The fraction of sp³-hybridized carbons (Fsp3) is 0.788. The summed E-state index contributed by atoms with van der Waals surface area (Å²) < 4.78 is 46.4. The lowest BCUT2D eigenvalue weighted by molar-refractivity contribution is -0.362. The maximum absolute atomic E-state index is 13.4. The van der Waals surface area contributed by atoms with E-state index in [-0.39, 0.29) is 29.8 Å². The van der Waals surface area contributed by atoms with Crippen molar-refractivity contribution in [3.05, 3.63) is 35.9 Å². The minimum atomic E-state index is -4.52. The third-order valence-electron chi connectivity index (χ3n) is 12.0. The predicted molar refractivity (Wildman–Crippen MR) is 146 cm³/mol. The van der Waals surface area contributed by atoms with Gasteiger partial charge in [-0.3, -0.25) is 0 Å². The third-order valence-corrected chi connectivity index (χ3v) is 12.0. The Morgan fingerprint density at radius 1 is 1.03 bits per heavy atom. The van der Waals surface area contributed by atoms with Crippen LogP contribution < -0.4 is 0 Å². The van der Waals surface area contributed by atoms with Crippen molar-refractivity contribution in [1.82, 2.24) is 0 Å². The van der Waals surface area contributed by atoms with Crippen molar-refractivity contribution in [2.24, 2.45) is 46.8 Å². The van der Waals surface area contributed by atoms with Crippen LogP contribution in [-0.2, 0) is 4.74 Å². The molecule has 3 unspecified atom stereocenters. The molecule has 1 aromatic rings. The lowest BCUT2D eigenvalue weighted by atomic mass is 9.41. The molecule has 4 saturated carbocycles. The molecule has 0 amide bonds. The largest absolute Gasteiger partial charge is 0.458 e. The normalized spacial score (nSPS) is 38.3. The molecular formula is C33H47F3O3. The van der Waals surface area contributed by atoms with E-state index >= 15 is 0 Å². The van der Waals surface area contributed by atoms with Crippen LogP contribution >= 0.6 is 0 Å². The number of rotatable bonds is 9. The van der Waals surface area contributed by atoms with Gasteiger partial charge in [0.05, 0.1) is 5.56 Å². The molecule has 4 aliphatic carbocycles. The number of ether oxygens (including phenoxy) is 1. The minimum Gasteiger partial charge on any atom is -0.458 e. The zero-order valence-corrected chi connectivity index (χ0v) is 23.9. The Morgan fingerprint density at radius 2 is 1.72 bits per heavy atom. The Kier molecular flexibility index (Phi) is 8.18. The van der Waals surface area contributed by atoms with Gasteiger partial charge in [0.25, 0.3) is 0 Å². The van der Waals surface area contributed by atoms with Crippen LogP contribution in [0, 0.1) is 46.8 Å². The summed E-state index contributed by atoms with van der Waals surface area (Å²) in [6, 6.07) is 9.28. The van der Waals surface area contributed by atoms with Gasteiger partial charge in [-0.1, -0.05) is 64.7 Å². The Labute approximate surface area is 232 Å². The minimum absolute atomic E-state index is 0.0228. The fourth-order valence-electron chi connectivity index (χ4n) is 9.49. The van der Waals surface area contributed by atoms with Gasteiger partial charge in [-0.15, -0.1) is 0 Å². The summed E-state index contributed by atoms with van der Waals surface area (Å²) in [5, 5.41) is 10.2. The van der Waals surface area contributed by atoms with Gasteiger partial charge in [0.15, 0.2) is 5.60 Å². The number of alkyl halides is 3. The second kappa shape index (κ2) is 11.0. The van der Waals surface area contributed by atoms with Crippen molar-refractivity contribution in [2.45, 2.75) is 116 Å². The van der Waals surface area contributed by atoms with Crippen molar-refractivity contribution in [2.75, 3.05) is 0 Å². The number of aliphatic hydroxyl groups is 1. The second-order valence-corrected chi connectivity index (χ2v) is 13.7. The van der Waals surface area contributed by atoms with Gasteiger partial charge >= 0.3 is 12.1 Å². The van der Waals surface area contributed by atoms with Crippen LogP contribution in [0.2, 0.25) is 0 Å². The molecule has 0 heterocycles. The molecule has 1 N–H and O–H groups in total. The monoisotopic (exact) mass is 548 g/mol. The fourth-order valence-corrected chi connectivity index (χ4v) is 9.49. The summed E-state index contributed by atoms with van der Waals surface area (Å²) in [5.41, 5.74) is -1.74. The van der Waals surface area contributed by atoms with Gasteiger partial charge in [0.2, 0.25) is 0 Å². The molecule has 0 bridgehead atoms. The molecule has 0 saturated heterocycles. The highest BCUT2D eigenvalue weighted by Gasteiger charge is 2.74. The smallest absolute Gasteiger partial charge is 0.417 e. The first kappa shape index (κ1) is 29.0. The summed E-state index contributed by atoms with van der Waals surface area (Å²) in [5.74, 6) is 1.34. The highest BCUT2D eigenvalue weighted by Crippen LogP contribution is 2.70. The molecule has 0 spiro atoms. The summed E-state index contributed by atoms with van der Waals surface area (Å²) in [6.07, 6.45) is 6.81. The van der Waals surface area contributed by atoms with E-state index in [0.29, 0.717) is 41.6 Å². The number of fused-ring (bicyclic) bond motifs is 1. The molecule has 6 heteroatoms. The van der Waals surface area contributed by atoms with Crippen LogP contribution in [0.15, 0.2) is 30.3 Å². The van der Waals surface area contributed by atoms with E-state index in [4.69, 9.17) is 4.74 Å². The summed E-state index contributed by atoms with van der Waals surface area (Å²) in [6.45, 7) is 6.96. The van der Waals surface area contributed by atoms with Gasteiger partial charge in [0, 0.05) is 5.92 Å². The van der Waals surface area contributed by atoms with Crippen molar-refractivity contribution < 1.29 is 27.8 Å². The Bertz CT molecular complexity index is 990. The van der Waals surface area contributed by atoms with Gasteiger partial charge in [-0.2, -0.15) is 13.2 Å². The topological polar surface area (TPSA) is 46.5 Å². The number of hydrogen-bond donors (Lipinski definition) is 1. The van der Waals surface area contributed by atoms with E-state index in [2.05, 4.69) is 20.8 Å². The molecular weight excluding hydrogens is 501 g/mol. The zero-order chi connectivity index (χ0) is 28.0. The average Bonchev–Trinajstić information content (AvgIpc) is 3.26. The maximum Gasteiger partial charge on any atom is 0.417 e. The van der Waals surface area contributed by atoms with E-state index in [1.807, 2.05) is 30.3 Å². The van der Waals surface area contributed by atoms with Crippen LogP contribution in [-0.4, -0.2) is 29.0 Å². The van der Waals surface area contributed by atoms with Crippen LogP contribution in [0.25, 0.3) is 0 Å². The Balaban J connectivity index is 1.21. The first-order chi connectivity index (χ1) is 18.5. The van der Waals surface area contributed by atoms with E-state index in [1.165, 1.54) is 19.3 Å². The molecule has 39 heavy (non-hydrogen) atoms. The Morgan fingerprint density at radius 3 is 2.31 bits per heavy atom.